The largest absolute Gasteiger partial charge is 0.458 e. The molecule has 0 aliphatic carbocycles. The molecule has 0 spiro atoms. The summed E-state index contributed by atoms with van der Waals surface area (Å²) < 4.78 is 33.3. The van der Waals surface area contributed by atoms with Crippen LogP contribution in [-0.4, -0.2) is 47.0 Å². The summed E-state index contributed by atoms with van der Waals surface area (Å²) in [7, 11) is -3.93. The van der Waals surface area contributed by atoms with Crippen LogP contribution in [0.25, 0.3) is 11.0 Å². The molecule has 1 aromatic heterocycles. The van der Waals surface area contributed by atoms with E-state index in [1.807, 2.05) is 24.3 Å². The van der Waals surface area contributed by atoms with Crippen molar-refractivity contribution in [2.75, 3.05) is 6.54 Å². The van der Waals surface area contributed by atoms with Crippen molar-refractivity contribution in [3.8, 4) is 0 Å². The lowest BCUT2D eigenvalue weighted by atomic mass is 10.1. The molecule has 4 rings (SSSR count). The molecular weight excluding hydrogens is 442 g/mol. The van der Waals surface area contributed by atoms with Crippen LogP contribution in [0.1, 0.15) is 47.9 Å². The average molecular weight is 468 g/mol. The number of rotatable bonds is 6. The molecule has 1 saturated heterocycles. The van der Waals surface area contributed by atoms with E-state index in [2.05, 4.69) is 9.97 Å². The molecule has 1 unspecified atom stereocenters. The van der Waals surface area contributed by atoms with Crippen LogP contribution >= 0.6 is 0 Å². The molecule has 0 radical (unpaired) electrons. The van der Waals surface area contributed by atoms with Crippen LogP contribution in [0, 0.1) is 6.92 Å². The minimum Gasteiger partial charge on any atom is -0.458 e. The Labute approximate surface area is 192 Å². The fraction of sp³-hybridized carbons (Fsp3) is 0.333. The Morgan fingerprint density at radius 3 is 2.36 bits per heavy atom. The van der Waals surface area contributed by atoms with E-state index in [0.29, 0.717) is 35.3 Å². The van der Waals surface area contributed by atoms with Gasteiger partial charge in [0.1, 0.15) is 12.6 Å². The SMILES string of the molecule is CC(=O)c1ccc(S(=O)(=O)N2CCCCC2C(=O)OCc2nc3ccccc3nc2C)cc1. The number of Topliss-reactive ketones (excluding diaryl/α,β-unsaturated/α-hetero) is 1. The lowest BCUT2D eigenvalue weighted by Crippen LogP contribution is -2.48. The number of aromatic nitrogens is 2. The third kappa shape index (κ3) is 4.79. The lowest BCUT2D eigenvalue weighted by Gasteiger charge is -2.33. The van der Waals surface area contributed by atoms with E-state index >= 15 is 0 Å². The Morgan fingerprint density at radius 2 is 1.70 bits per heavy atom. The number of sulfonamides is 1. The van der Waals surface area contributed by atoms with Gasteiger partial charge in [-0.05, 0) is 57.4 Å². The topological polar surface area (TPSA) is 107 Å². The number of piperidine rings is 1. The number of fused-ring (bicyclic) bond motifs is 1. The summed E-state index contributed by atoms with van der Waals surface area (Å²) in [5.41, 5.74) is 3.07. The molecule has 0 amide bonds. The molecule has 1 aliphatic heterocycles. The molecule has 0 saturated carbocycles. The lowest BCUT2D eigenvalue weighted by molar-refractivity contribution is -0.150. The van der Waals surface area contributed by atoms with E-state index in [4.69, 9.17) is 4.74 Å². The fourth-order valence-corrected chi connectivity index (χ4v) is 5.57. The number of hydrogen-bond acceptors (Lipinski definition) is 7. The highest BCUT2D eigenvalue weighted by molar-refractivity contribution is 7.89. The molecule has 3 aromatic rings. The summed E-state index contributed by atoms with van der Waals surface area (Å²) in [5.74, 6) is -0.751. The van der Waals surface area contributed by atoms with Gasteiger partial charge in [0.25, 0.3) is 0 Å². The van der Waals surface area contributed by atoms with Gasteiger partial charge in [0, 0.05) is 12.1 Å². The number of carbonyl (C=O) groups excluding carboxylic acids is 2. The second-order valence-corrected chi connectivity index (χ2v) is 9.95. The summed E-state index contributed by atoms with van der Waals surface area (Å²) in [4.78, 5) is 33.5. The minimum atomic E-state index is -3.93. The van der Waals surface area contributed by atoms with Gasteiger partial charge in [-0.25, -0.2) is 18.4 Å². The van der Waals surface area contributed by atoms with Crippen molar-refractivity contribution in [1.29, 1.82) is 0 Å². The van der Waals surface area contributed by atoms with E-state index in [9.17, 15) is 18.0 Å². The fourth-order valence-electron chi connectivity index (χ4n) is 3.92. The van der Waals surface area contributed by atoms with Crippen LogP contribution in [0.4, 0.5) is 0 Å². The quantitative estimate of drug-likeness (QED) is 0.404. The summed E-state index contributed by atoms with van der Waals surface area (Å²) in [6, 6.07) is 12.3. The smallest absolute Gasteiger partial charge is 0.324 e. The number of ketones is 1. The number of hydrogen-bond donors (Lipinski definition) is 0. The number of ether oxygens (including phenoxy) is 1. The highest BCUT2D eigenvalue weighted by Crippen LogP contribution is 2.27. The van der Waals surface area contributed by atoms with Crippen LogP contribution in [-0.2, 0) is 26.2 Å². The summed E-state index contributed by atoms with van der Waals surface area (Å²) in [6.45, 7) is 3.36. The third-order valence-corrected chi connectivity index (χ3v) is 7.71. The number of para-hydroxylation sites is 2. The standard InChI is InChI=1S/C24H25N3O5S/c1-16-22(26-21-8-4-3-7-20(21)25-16)15-32-24(29)23-9-5-6-14-27(23)33(30,31)19-12-10-18(11-13-19)17(2)28/h3-4,7-8,10-13,23H,5-6,9,14-15H2,1-2H3. The second-order valence-electron chi connectivity index (χ2n) is 8.06. The zero-order valence-electron chi connectivity index (χ0n) is 18.5. The Kier molecular flexibility index (Phi) is 6.53. The predicted molar refractivity (Wildman–Crippen MR) is 122 cm³/mol. The van der Waals surface area contributed by atoms with Gasteiger partial charge in [0.2, 0.25) is 10.0 Å². The van der Waals surface area contributed by atoms with Crippen molar-refractivity contribution in [2.24, 2.45) is 0 Å². The van der Waals surface area contributed by atoms with Crippen molar-refractivity contribution in [1.82, 2.24) is 14.3 Å². The molecule has 0 N–H and O–H groups in total. The number of carbonyl (C=O) groups is 2. The third-order valence-electron chi connectivity index (χ3n) is 5.79. The van der Waals surface area contributed by atoms with Gasteiger partial charge < -0.3 is 4.74 Å². The first-order chi connectivity index (χ1) is 15.8. The first-order valence-corrected chi connectivity index (χ1v) is 12.2. The molecule has 9 heteroatoms. The molecule has 1 aliphatic rings. The van der Waals surface area contributed by atoms with E-state index in [-0.39, 0.29) is 23.8 Å². The van der Waals surface area contributed by atoms with Gasteiger partial charge in [-0.3, -0.25) is 9.59 Å². The molecule has 1 fully saturated rings. The number of aryl methyl sites for hydroxylation is 1. The van der Waals surface area contributed by atoms with Crippen LogP contribution < -0.4 is 0 Å². The van der Waals surface area contributed by atoms with Gasteiger partial charge in [-0.2, -0.15) is 4.31 Å². The van der Waals surface area contributed by atoms with Crippen molar-refractivity contribution in [3.63, 3.8) is 0 Å². The molecule has 2 aromatic carbocycles. The molecule has 33 heavy (non-hydrogen) atoms. The highest BCUT2D eigenvalue weighted by atomic mass is 32.2. The number of nitrogens with zero attached hydrogens (tertiary/aromatic N) is 3. The Hall–Kier alpha value is -3.17. The maximum atomic E-state index is 13.3. The normalized spacial score (nSPS) is 17.1. The van der Waals surface area contributed by atoms with Crippen LogP contribution in [0.5, 0.6) is 0 Å². The van der Waals surface area contributed by atoms with Crippen molar-refractivity contribution < 1.29 is 22.7 Å². The van der Waals surface area contributed by atoms with Crippen LogP contribution in [0.2, 0.25) is 0 Å². The van der Waals surface area contributed by atoms with Gasteiger partial charge >= 0.3 is 5.97 Å². The monoisotopic (exact) mass is 467 g/mol. The molecule has 2 heterocycles. The molecule has 0 bridgehead atoms. The number of benzene rings is 2. The Balaban J connectivity index is 1.52. The molecular formula is C24H25N3O5S. The zero-order chi connectivity index (χ0) is 23.6. The highest BCUT2D eigenvalue weighted by Gasteiger charge is 2.38. The van der Waals surface area contributed by atoms with E-state index in [1.54, 1.807) is 6.92 Å². The van der Waals surface area contributed by atoms with Gasteiger partial charge in [0.05, 0.1) is 27.3 Å². The van der Waals surface area contributed by atoms with Crippen LogP contribution in [0.15, 0.2) is 53.4 Å². The summed E-state index contributed by atoms with van der Waals surface area (Å²) >= 11 is 0. The maximum absolute atomic E-state index is 13.3. The molecule has 172 valence electrons. The van der Waals surface area contributed by atoms with Crippen molar-refractivity contribution in [3.05, 3.63) is 65.5 Å². The summed E-state index contributed by atoms with van der Waals surface area (Å²) in [6.07, 6.45) is 1.76. The van der Waals surface area contributed by atoms with Gasteiger partial charge in [0.15, 0.2) is 5.78 Å². The Bertz CT molecular complexity index is 1310. The summed E-state index contributed by atoms with van der Waals surface area (Å²) in [5, 5.41) is 0. The number of esters is 1. The molecule has 1 atom stereocenters. The molecule has 8 nitrogen and oxygen atoms in total. The maximum Gasteiger partial charge on any atom is 0.324 e. The van der Waals surface area contributed by atoms with E-state index in [1.165, 1.54) is 35.5 Å². The van der Waals surface area contributed by atoms with Crippen molar-refractivity contribution >= 4 is 32.8 Å². The van der Waals surface area contributed by atoms with E-state index < -0.39 is 22.0 Å². The predicted octanol–water partition coefficient (Wildman–Crippen LogP) is 3.43. The second kappa shape index (κ2) is 9.36. The minimum absolute atomic E-state index is 0.0449. The average Bonchev–Trinajstić information content (AvgIpc) is 2.82. The first kappa shape index (κ1) is 23.0. The first-order valence-electron chi connectivity index (χ1n) is 10.8. The van der Waals surface area contributed by atoms with Crippen molar-refractivity contribution in [2.45, 2.75) is 50.7 Å². The van der Waals surface area contributed by atoms with Gasteiger partial charge in [-0.1, -0.05) is 24.3 Å². The van der Waals surface area contributed by atoms with Crippen LogP contribution in [0.3, 0.4) is 0 Å². The van der Waals surface area contributed by atoms with Gasteiger partial charge in [-0.15, -0.1) is 0 Å². The van der Waals surface area contributed by atoms with E-state index in [0.717, 1.165) is 11.9 Å². The Morgan fingerprint density at radius 1 is 1.03 bits per heavy atom. The zero-order valence-corrected chi connectivity index (χ0v) is 19.3.